The molecule has 6 aliphatic rings. The lowest BCUT2D eigenvalue weighted by molar-refractivity contribution is -0.317. The number of hydrogen-bond donors (Lipinski definition) is 2. The van der Waals surface area contributed by atoms with Crippen LogP contribution in [-0.4, -0.2) is 123 Å². The quantitative estimate of drug-likeness (QED) is 0.0953. The Balaban J connectivity index is 1.20. The number of ether oxygens (including phenoxy) is 6. The van der Waals surface area contributed by atoms with Gasteiger partial charge in [0.05, 0.1) is 24.4 Å². The number of esters is 2. The number of carbonyl (C=O) groups is 2. The Bertz CT molecular complexity index is 1550. The molecule has 1 aromatic rings. The lowest BCUT2D eigenvalue weighted by atomic mass is 9.43. The van der Waals surface area contributed by atoms with E-state index in [9.17, 15) is 19.8 Å². The van der Waals surface area contributed by atoms with Gasteiger partial charge in [0.25, 0.3) is 0 Å². The number of methoxy groups -OCH3 is 4. The van der Waals surface area contributed by atoms with Gasteiger partial charge in [0.2, 0.25) is 0 Å². The van der Waals surface area contributed by atoms with Gasteiger partial charge in [0.1, 0.15) is 23.9 Å². The molecular weight excluding hydrogens is 739 g/mol. The molecule has 5 aliphatic carbocycles. The van der Waals surface area contributed by atoms with E-state index in [-0.39, 0.29) is 42.2 Å². The van der Waals surface area contributed by atoms with Crippen LogP contribution < -0.4 is 0 Å². The Morgan fingerprint density at radius 2 is 1.47 bits per heavy atom. The fraction of sp³-hybridized carbons (Fsp3) is 0.830. The molecule has 5 saturated carbocycles. The minimum atomic E-state index is -1.77. The highest BCUT2D eigenvalue weighted by Gasteiger charge is 2.91. The lowest BCUT2D eigenvalue weighted by Gasteiger charge is -2.69. The molecule has 326 valence electrons. The number of rotatable bonds is 22. The van der Waals surface area contributed by atoms with Crippen LogP contribution in [0.1, 0.15) is 126 Å². The molecule has 58 heavy (non-hydrogen) atoms. The Hall–Kier alpha value is -2.12. The monoisotopic (exact) mass is 812 g/mol. The SMILES string of the molecule is CCCCCCCCCCCCCCCC(=O)O[C@]12C(O)[C@H](OC)[C@]3(O)C[C@H]([C@@H]1[C@H]3OC(=O)c1ccccc1)[C@@]13[C@@H](OC)CC[C@@]4(COC)CN(C)[C@@H]1[C@@H]2[C@H](OC)[C@H]43. The van der Waals surface area contributed by atoms with Crippen LogP contribution in [0.4, 0.5) is 0 Å². The minimum absolute atomic E-state index is 0.108. The van der Waals surface area contributed by atoms with Crippen molar-refractivity contribution in [2.75, 3.05) is 48.6 Å². The summed E-state index contributed by atoms with van der Waals surface area (Å²) in [5, 5.41) is 25.9. The second-order valence-corrected chi connectivity index (χ2v) is 19.1. The van der Waals surface area contributed by atoms with Crippen LogP contribution in [0.15, 0.2) is 30.3 Å². The van der Waals surface area contributed by atoms with Gasteiger partial charge >= 0.3 is 11.9 Å². The summed E-state index contributed by atoms with van der Waals surface area (Å²) in [7, 11) is 8.81. The first-order chi connectivity index (χ1) is 28.1. The van der Waals surface area contributed by atoms with Crippen molar-refractivity contribution >= 4 is 11.9 Å². The molecule has 0 amide bonds. The van der Waals surface area contributed by atoms with Crippen LogP contribution >= 0.6 is 0 Å². The summed E-state index contributed by atoms with van der Waals surface area (Å²) in [6.07, 6.45) is 13.1. The van der Waals surface area contributed by atoms with Gasteiger partial charge in [0.15, 0.2) is 5.60 Å². The van der Waals surface area contributed by atoms with E-state index in [1.807, 2.05) is 6.07 Å². The molecule has 11 nitrogen and oxygen atoms in total. The second kappa shape index (κ2) is 18.1. The summed E-state index contributed by atoms with van der Waals surface area (Å²) in [6, 6.07) is 8.53. The van der Waals surface area contributed by atoms with Crippen molar-refractivity contribution in [3.05, 3.63) is 35.9 Å². The Morgan fingerprint density at radius 3 is 2.05 bits per heavy atom. The predicted molar refractivity (Wildman–Crippen MR) is 219 cm³/mol. The first-order valence-corrected chi connectivity index (χ1v) is 22.7. The van der Waals surface area contributed by atoms with E-state index in [1.165, 1.54) is 64.9 Å². The van der Waals surface area contributed by atoms with Crippen LogP contribution in [0.3, 0.4) is 0 Å². The Labute approximate surface area is 347 Å². The van der Waals surface area contributed by atoms with Gasteiger partial charge in [-0.15, -0.1) is 0 Å². The van der Waals surface area contributed by atoms with E-state index in [0.717, 1.165) is 38.6 Å². The summed E-state index contributed by atoms with van der Waals surface area (Å²) in [5.41, 5.74) is -3.96. The number of fused-ring (bicyclic) bond motifs is 2. The number of piperidine rings is 1. The standard InChI is InChI=1S/C47H73NO10/c1-7-8-9-10-11-12-13-14-15-16-17-18-22-25-34(49)58-47-35-32(28-45(52,42(56-6)40(47)50)41(35)57-43(51)31-23-20-19-21-24-31)46-33(54-4)26-27-44(30-53-3)29-48(2)39(46)36(47)37(55-5)38(44)46/h19-21,23-24,32-33,35-42,50,52H,7-18,22,25-30H2,1-6H3/t32-,33+,35-,36+,37+,38-,39-,40?,41-,42+,44+,45+,46+,47-/m1/s1. The van der Waals surface area contributed by atoms with E-state index in [0.29, 0.717) is 18.6 Å². The first kappa shape index (κ1) is 44.0. The van der Waals surface area contributed by atoms with Crippen molar-refractivity contribution in [3.63, 3.8) is 0 Å². The zero-order valence-corrected chi connectivity index (χ0v) is 36.2. The normalized spacial score (nSPS) is 40.8. The molecule has 0 radical (unpaired) electrons. The molecule has 11 heteroatoms. The van der Waals surface area contributed by atoms with Crippen LogP contribution in [-0.2, 0) is 33.2 Å². The summed E-state index contributed by atoms with van der Waals surface area (Å²) in [4.78, 5) is 30.9. The van der Waals surface area contributed by atoms with Crippen molar-refractivity contribution < 1.29 is 48.2 Å². The number of carbonyl (C=O) groups excluding carboxylic acids is 2. The maximum atomic E-state index is 14.5. The number of aliphatic hydroxyl groups excluding tert-OH is 1. The third kappa shape index (κ3) is 6.89. The minimum Gasteiger partial charge on any atom is -0.455 e. The number of benzene rings is 1. The van der Waals surface area contributed by atoms with E-state index < -0.39 is 64.8 Å². The lowest BCUT2D eigenvalue weighted by Crippen LogP contribution is -2.80. The zero-order chi connectivity index (χ0) is 41.3. The summed E-state index contributed by atoms with van der Waals surface area (Å²) in [5.74, 6) is -2.78. The Kier molecular flexibility index (Phi) is 13.7. The molecule has 1 saturated heterocycles. The molecule has 7 rings (SSSR count). The largest absolute Gasteiger partial charge is 0.455 e. The van der Waals surface area contributed by atoms with E-state index in [1.54, 1.807) is 45.6 Å². The summed E-state index contributed by atoms with van der Waals surface area (Å²) in [6.45, 7) is 3.50. The number of nitrogens with zero attached hydrogens (tertiary/aromatic N) is 1. The average molecular weight is 812 g/mol. The number of likely N-dealkylation sites (tertiary alicyclic amines) is 1. The highest BCUT2D eigenvalue weighted by molar-refractivity contribution is 5.89. The Morgan fingerprint density at radius 1 is 0.828 bits per heavy atom. The van der Waals surface area contributed by atoms with Crippen molar-refractivity contribution in [2.45, 2.75) is 164 Å². The van der Waals surface area contributed by atoms with Gasteiger partial charge in [-0.25, -0.2) is 4.79 Å². The van der Waals surface area contributed by atoms with Gasteiger partial charge in [-0.05, 0) is 50.8 Å². The highest BCUT2D eigenvalue weighted by Crippen LogP contribution is 2.80. The molecule has 0 aromatic heterocycles. The molecule has 1 aliphatic heterocycles. The van der Waals surface area contributed by atoms with Gasteiger partial charge in [0, 0.05) is 76.0 Å². The van der Waals surface area contributed by atoms with Crippen LogP contribution in [0, 0.1) is 34.5 Å². The van der Waals surface area contributed by atoms with Gasteiger partial charge in [-0.1, -0.05) is 102 Å². The van der Waals surface area contributed by atoms with Crippen molar-refractivity contribution in [1.29, 1.82) is 0 Å². The zero-order valence-electron chi connectivity index (χ0n) is 36.2. The summed E-state index contributed by atoms with van der Waals surface area (Å²) < 4.78 is 38.8. The molecule has 7 bridgehead atoms. The predicted octanol–water partition coefficient (Wildman–Crippen LogP) is 6.75. The third-order valence-corrected chi connectivity index (χ3v) is 16.2. The molecule has 2 N–H and O–H groups in total. The molecule has 1 aromatic carbocycles. The molecule has 1 unspecified atom stereocenters. The maximum absolute atomic E-state index is 14.5. The summed E-state index contributed by atoms with van der Waals surface area (Å²) >= 11 is 0. The van der Waals surface area contributed by atoms with E-state index >= 15 is 0 Å². The molecule has 6 fully saturated rings. The van der Waals surface area contributed by atoms with Gasteiger partial charge in [-0.2, -0.15) is 0 Å². The average Bonchev–Trinajstić information content (AvgIpc) is 3.61. The van der Waals surface area contributed by atoms with Crippen LogP contribution in [0.25, 0.3) is 0 Å². The number of unbranched alkanes of at least 4 members (excludes halogenated alkanes) is 12. The third-order valence-electron chi connectivity index (χ3n) is 16.2. The van der Waals surface area contributed by atoms with Crippen molar-refractivity contribution in [1.82, 2.24) is 4.90 Å². The highest BCUT2D eigenvalue weighted by atomic mass is 16.6. The fourth-order valence-corrected chi connectivity index (χ4v) is 14.5. The molecule has 1 heterocycles. The maximum Gasteiger partial charge on any atom is 0.338 e. The fourth-order valence-electron chi connectivity index (χ4n) is 14.5. The molecule has 1 spiro atoms. The molecule has 14 atom stereocenters. The number of aliphatic hydroxyl groups is 2. The van der Waals surface area contributed by atoms with Gasteiger partial charge in [-0.3, -0.25) is 4.79 Å². The molecular formula is C47H73NO10. The van der Waals surface area contributed by atoms with Crippen molar-refractivity contribution in [2.24, 2.45) is 34.5 Å². The van der Waals surface area contributed by atoms with Crippen LogP contribution in [0.5, 0.6) is 0 Å². The second-order valence-electron chi connectivity index (χ2n) is 19.1. The number of hydrogen-bond acceptors (Lipinski definition) is 11. The first-order valence-electron chi connectivity index (χ1n) is 22.7. The van der Waals surface area contributed by atoms with Crippen molar-refractivity contribution in [3.8, 4) is 0 Å². The van der Waals surface area contributed by atoms with E-state index in [4.69, 9.17) is 28.4 Å². The topological polar surface area (TPSA) is 133 Å². The smallest absolute Gasteiger partial charge is 0.338 e. The van der Waals surface area contributed by atoms with E-state index in [2.05, 4.69) is 18.9 Å². The van der Waals surface area contributed by atoms with Crippen LogP contribution in [0.2, 0.25) is 0 Å². The van der Waals surface area contributed by atoms with Gasteiger partial charge < -0.3 is 43.5 Å².